The average Bonchev–Trinajstić information content (AvgIpc) is 2.54. The fraction of sp³-hybridized carbons (Fsp3) is 0.200. The largest absolute Gasteiger partial charge is 0.497 e. The van der Waals surface area contributed by atoms with E-state index in [2.05, 4.69) is 5.32 Å². The van der Waals surface area contributed by atoms with E-state index in [-0.39, 0.29) is 4.90 Å². The molecule has 112 valence electrons. The van der Waals surface area contributed by atoms with Crippen LogP contribution in [0.1, 0.15) is 0 Å². The van der Waals surface area contributed by atoms with Gasteiger partial charge in [-0.15, -0.1) is 0 Å². The van der Waals surface area contributed by atoms with E-state index in [1.54, 1.807) is 62.7 Å². The van der Waals surface area contributed by atoms with Gasteiger partial charge in [0, 0.05) is 14.1 Å². The molecule has 0 unspecified atom stereocenters. The molecule has 2 rings (SSSR count). The average molecular weight is 306 g/mol. The Morgan fingerprint density at radius 3 is 2.24 bits per heavy atom. The van der Waals surface area contributed by atoms with Crippen LogP contribution >= 0.6 is 0 Å². The lowest BCUT2D eigenvalue weighted by atomic mass is 10.3. The van der Waals surface area contributed by atoms with Gasteiger partial charge in [-0.05, 0) is 36.4 Å². The third kappa shape index (κ3) is 2.95. The molecule has 0 aromatic heterocycles. The quantitative estimate of drug-likeness (QED) is 0.922. The number of sulfonamides is 1. The highest BCUT2D eigenvalue weighted by Gasteiger charge is 2.23. The van der Waals surface area contributed by atoms with E-state index in [0.29, 0.717) is 17.1 Å². The van der Waals surface area contributed by atoms with E-state index in [9.17, 15) is 8.42 Å². The maximum Gasteiger partial charge on any atom is 0.266 e. The Bertz CT molecular complexity index is 712. The molecule has 0 radical (unpaired) electrons. The molecule has 2 aromatic carbocycles. The minimum Gasteiger partial charge on any atom is -0.497 e. The molecule has 0 amide bonds. The summed E-state index contributed by atoms with van der Waals surface area (Å²) in [6.07, 6.45) is 0. The SMILES string of the molecule is CNc1ccccc1S(=O)(=O)N(C)c1ccc(OC)cc1. The van der Waals surface area contributed by atoms with Crippen molar-refractivity contribution < 1.29 is 13.2 Å². The van der Waals surface area contributed by atoms with Gasteiger partial charge < -0.3 is 10.1 Å². The number of anilines is 2. The number of rotatable bonds is 5. The fourth-order valence-electron chi connectivity index (χ4n) is 1.98. The van der Waals surface area contributed by atoms with Gasteiger partial charge in [-0.25, -0.2) is 8.42 Å². The lowest BCUT2D eigenvalue weighted by Gasteiger charge is -2.21. The molecule has 0 heterocycles. The lowest BCUT2D eigenvalue weighted by molar-refractivity contribution is 0.415. The summed E-state index contributed by atoms with van der Waals surface area (Å²) in [4.78, 5) is 0.241. The van der Waals surface area contributed by atoms with E-state index in [4.69, 9.17) is 4.74 Å². The van der Waals surface area contributed by atoms with Crippen molar-refractivity contribution >= 4 is 21.4 Å². The number of hydrogen-bond donors (Lipinski definition) is 1. The molecular weight excluding hydrogens is 288 g/mol. The second-order valence-corrected chi connectivity index (χ2v) is 6.35. The van der Waals surface area contributed by atoms with Crippen molar-refractivity contribution in [1.29, 1.82) is 0 Å². The number of nitrogens with zero attached hydrogens (tertiary/aromatic N) is 1. The van der Waals surface area contributed by atoms with Gasteiger partial charge in [-0.3, -0.25) is 4.31 Å². The molecule has 0 fully saturated rings. The highest BCUT2D eigenvalue weighted by Crippen LogP contribution is 2.28. The van der Waals surface area contributed by atoms with Gasteiger partial charge in [0.25, 0.3) is 10.0 Å². The highest BCUT2D eigenvalue weighted by atomic mass is 32.2. The molecule has 5 nitrogen and oxygen atoms in total. The lowest BCUT2D eigenvalue weighted by Crippen LogP contribution is -2.27. The molecule has 1 N–H and O–H groups in total. The minimum atomic E-state index is -3.62. The van der Waals surface area contributed by atoms with Crippen LogP contribution in [-0.2, 0) is 10.0 Å². The summed E-state index contributed by atoms with van der Waals surface area (Å²) >= 11 is 0. The summed E-state index contributed by atoms with van der Waals surface area (Å²) in [5.74, 6) is 0.681. The third-order valence-electron chi connectivity index (χ3n) is 3.23. The van der Waals surface area contributed by atoms with Crippen LogP contribution in [0, 0.1) is 0 Å². The van der Waals surface area contributed by atoms with Gasteiger partial charge in [0.05, 0.1) is 18.5 Å². The summed E-state index contributed by atoms with van der Waals surface area (Å²) < 4.78 is 31.8. The molecule has 0 saturated heterocycles. The minimum absolute atomic E-state index is 0.241. The molecular formula is C15H18N2O3S. The monoisotopic (exact) mass is 306 g/mol. The second kappa shape index (κ2) is 6.05. The van der Waals surface area contributed by atoms with Crippen molar-refractivity contribution in [2.75, 3.05) is 30.8 Å². The van der Waals surface area contributed by atoms with E-state index in [1.807, 2.05) is 0 Å². The number of hydrogen-bond acceptors (Lipinski definition) is 4. The van der Waals surface area contributed by atoms with Crippen molar-refractivity contribution in [2.24, 2.45) is 0 Å². The predicted molar refractivity (Wildman–Crippen MR) is 84.6 cm³/mol. The summed E-state index contributed by atoms with van der Waals surface area (Å²) in [6.45, 7) is 0. The van der Waals surface area contributed by atoms with Crippen molar-refractivity contribution in [1.82, 2.24) is 0 Å². The van der Waals surface area contributed by atoms with Crippen LogP contribution in [0.3, 0.4) is 0 Å². The molecule has 0 spiro atoms. The number of para-hydroxylation sites is 1. The van der Waals surface area contributed by atoms with Gasteiger partial charge >= 0.3 is 0 Å². The van der Waals surface area contributed by atoms with Crippen LogP contribution in [0.25, 0.3) is 0 Å². The summed E-state index contributed by atoms with van der Waals surface area (Å²) in [7, 11) is 1.17. The first-order chi connectivity index (χ1) is 10.0. The predicted octanol–water partition coefficient (Wildman–Crippen LogP) is 2.56. The van der Waals surface area contributed by atoms with Crippen LogP contribution in [0.2, 0.25) is 0 Å². The number of benzene rings is 2. The Hall–Kier alpha value is -2.21. The third-order valence-corrected chi connectivity index (χ3v) is 5.07. The van der Waals surface area contributed by atoms with Crippen LogP contribution < -0.4 is 14.4 Å². The van der Waals surface area contributed by atoms with Gasteiger partial charge in [0.15, 0.2) is 0 Å². The smallest absolute Gasteiger partial charge is 0.266 e. The first kappa shape index (κ1) is 15.2. The Morgan fingerprint density at radius 2 is 1.67 bits per heavy atom. The van der Waals surface area contributed by atoms with Crippen molar-refractivity contribution in [3.05, 3.63) is 48.5 Å². The normalized spacial score (nSPS) is 11.0. The van der Waals surface area contributed by atoms with Crippen LogP contribution in [-0.4, -0.2) is 29.6 Å². The van der Waals surface area contributed by atoms with Crippen molar-refractivity contribution in [3.63, 3.8) is 0 Å². The number of methoxy groups -OCH3 is 1. The van der Waals surface area contributed by atoms with Gasteiger partial charge in [-0.2, -0.15) is 0 Å². The Balaban J connectivity index is 2.42. The second-order valence-electron chi connectivity index (χ2n) is 4.42. The van der Waals surface area contributed by atoms with E-state index < -0.39 is 10.0 Å². The van der Waals surface area contributed by atoms with Crippen molar-refractivity contribution in [3.8, 4) is 5.75 Å². The van der Waals surface area contributed by atoms with E-state index in [0.717, 1.165) is 0 Å². The summed E-state index contributed by atoms with van der Waals surface area (Å²) in [5.41, 5.74) is 1.14. The maximum absolute atomic E-state index is 12.7. The fourth-order valence-corrected chi connectivity index (χ4v) is 3.37. The molecule has 0 saturated carbocycles. The molecule has 0 atom stereocenters. The Labute approximate surface area is 125 Å². The van der Waals surface area contributed by atoms with Gasteiger partial charge in [0.1, 0.15) is 10.6 Å². The van der Waals surface area contributed by atoms with E-state index >= 15 is 0 Å². The summed E-state index contributed by atoms with van der Waals surface area (Å²) in [6, 6.07) is 13.7. The molecule has 0 aliphatic rings. The van der Waals surface area contributed by atoms with Crippen LogP contribution in [0.5, 0.6) is 5.75 Å². The number of nitrogens with one attached hydrogen (secondary N) is 1. The number of ether oxygens (including phenoxy) is 1. The summed E-state index contributed by atoms with van der Waals surface area (Å²) in [5, 5.41) is 2.90. The Morgan fingerprint density at radius 1 is 1.05 bits per heavy atom. The zero-order valence-corrected chi connectivity index (χ0v) is 13.0. The molecule has 2 aromatic rings. The topological polar surface area (TPSA) is 58.6 Å². The standard InChI is InChI=1S/C15H18N2O3S/c1-16-14-6-4-5-7-15(14)21(18,19)17(2)12-8-10-13(20-3)11-9-12/h4-11,16H,1-3H3. The van der Waals surface area contributed by atoms with Gasteiger partial charge in [0.2, 0.25) is 0 Å². The molecule has 0 bridgehead atoms. The first-order valence-corrected chi connectivity index (χ1v) is 7.84. The zero-order chi connectivity index (χ0) is 15.5. The zero-order valence-electron chi connectivity index (χ0n) is 12.2. The Kier molecular flexibility index (Phi) is 4.37. The molecule has 0 aliphatic heterocycles. The van der Waals surface area contributed by atoms with Gasteiger partial charge in [-0.1, -0.05) is 12.1 Å². The van der Waals surface area contributed by atoms with E-state index in [1.165, 1.54) is 11.4 Å². The van der Waals surface area contributed by atoms with Crippen LogP contribution in [0.15, 0.2) is 53.4 Å². The van der Waals surface area contributed by atoms with Crippen LogP contribution in [0.4, 0.5) is 11.4 Å². The maximum atomic E-state index is 12.7. The highest BCUT2D eigenvalue weighted by molar-refractivity contribution is 7.93. The molecule has 0 aliphatic carbocycles. The first-order valence-electron chi connectivity index (χ1n) is 6.40. The molecule has 6 heteroatoms. The molecule has 21 heavy (non-hydrogen) atoms. The van der Waals surface area contributed by atoms with Crippen molar-refractivity contribution in [2.45, 2.75) is 4.90 Å².